The first kappa shape index (κ1) is 26.7. The molecule has 7 heteroatoms. The Kier molecular flexibility index (Phi) is 9.60. The quantitative estimate of drug-likeness (QED) is 0.206. The minimum atomic E-state index is -0.542. The van der Waals surface area contributed by atoms with Crippen molar-refractivity contribution >= 4 is 11.6 Å². The fourth-order valence-electron chi connectivity index (χ4n) is 3.89. The second-order valence-electron chi connectivity index (χ2n) is 8.86. The summed E-state index contributed by atoms with van der Waals surface area (Å²) in [6.45, 7) is 5.78. The van der Waals surface area contributed by atoms with Crippen molar-refractivity contribution in [2.24, 2.45) is 0 Å². The molecule has 0 aliphatic rings. The number of benzene rings is 3. The number of rotatable bonds is 13. The van der Waals surface area contributed by atoms with Gasteiger partial charge in [-0.25, -0.2) is 4.98 Å². The van der Waals surface area contributed by atoms with Gasteiger partial charge < -0.3 is 24.5 Å². The molecule has 0 aliphatic carbocycles. The Balaban J connectivity index is 1.48. The minimum absolute atomic E-state index is 0.250. The van der Waals surface area contributed by atoms with Gasteiger partial charge in [-0.1, -0.05) is 31.9 Å². The number of hydrogen-bond acceptors (Lipinski definition) is 5. The number of nitrogens with zero attached hydrogens (tertiary/aromatic N) is 2. The molecule has 0 aliphatic heterocycles. The standard InChI is InChI=1S/C30H34ClN3O3/c1-3-5-6-30-33-29(22-7-13-26(14-8-22)36-21-25(35)19-32-4-2)20-34(30)24-11-17-28(18-12-24)37-27-15-9-23(31)10-16-27/h7-18,20,25,32,35H,3-6,19,21H2,1-2H3/t25-/m0/s1. The Labute approximate surface area is 223 Å². The van der Waals surface area contributed by atoms with Crippen LogP contribution in [0.3, 0.4) is 0 Å². The molecule has 2 N–H and O–H groups in total. The monoisotopic (exact) mass is 519 g/mol. The number of aliphatic hydroxyl groups excluding tert-OH is 1. The third-order valence-electron chi connectivity index (χ3n) is 5.92. The molecule has 37 heavy (non-hydrogen) atoms. The zero-order valence-corrected chi connectivity index (χ0v) is 22.1. The van der Waals surface area contributed by atoms with E-state index in [0.29, 0.717) is 11.6 Å². The van der Waals surface area contributed by atoms with Gasteiger partial charge in [-0.15, -0.1) is 0 Å². The molecule has 0 unspecified atom stereocenters. The van der Waals surface area contributed by atoms with E-state index in [1.165, 1.54) is 0 Å². The largest absolute Gasteiger partial charge is 0.491 e. The van der Waals surface area contributed by atoms with Crippen LogP contribution in [0.4, 0.5) is 0 Å². The lowest BCUT2D eigenvalue weighted by Gasteiger charge is -2.12. The molecule has 0 saturated carbocycles. The van der Waals surface area contributed by atoms with Gasteiger partial charge in [-0.3, -0.25) is 0 Å². The summed E-state index contributed by atoms with van der Waals surface area (Å²) in [5.41, 5.74) is 2.95. The molecular weight excluding hydrogens is 486 g/mol. The highest BCUT2D eigenvalue weighted by Crippen LogP contribution is 2.27. The van der Waals surface area contributed by atoms with E-state index in [4.69, 9.17) is 26.1 Å². The minimum Gasteiger partial charge on any atom is -0.491 e. The molecule has 0 spiro atoms. The lowest BCUT2D eigenvalue weighted by Crippen LogP contribution is -2.31. The summed E-state index contributed by atoms with van der Waals surface area (Å²) >= 11 is 5.97. The smallest absolute Gasteiger partial charge is 0.127 e. The number of imidazole rings is 1. The van der Waals surface area contributed by atoms with Crippen molar-refractivity contribution in [2.75, 3.05) is 19.7 Å². The molecule has 0 amide bonds. The molecule has 0 radical (unpaired) electrons. The second-order valence-corrected chi connectivity index (χ2v) is 9.30. The predicted octanol–water partition coefficient (Wildman–Crippen LogP) is 6.68. The Morgan fingerprint density at radius 1 is 0.919 bits per heavy atom. The highest BCUT2D eigenvalue weighted by Gasteiger charge is 2.12. The van der Waals surface area contributed by atoms with Crippen molar-refractivity contribution < 1.29 is 14.6 Å². The molecule has 4 aromatic rings. The van der Waals surface area contributed by atoms with Crippen LogP contribution in [0.5, 0.6) is 17.2 Å². The number of ether oxygens (including phenoxy) is 2. The van der Waals surface area contributed by atoms with Crippen LogP contribution >= 0.6 is 11.6 Å². The van der Waals surface area contributed by atoms with Crippen LogP contribution in [0.2, 0.25) is 5.02 Å². The van der Waals surface area contributed by atoms with Gasteiger partial charge in [0, 0.05) is 35.4 Å². The third-order valence-corrected chi connectivity index (χ3v) is 6.17. The summed E-state index contributed by atoms with van der Waals surface area (Å²) in [5, 5.41) is 13.8. The van der Waals surface area contributed by atoms with Crippen LogP contribution in [0, 0.1) is 0 Å². The summed E-state index contributed by atoms with van der Waals surface area (Å²) in [7, 11) is 0. The van der Waals surface area contributed by atoms with Gasteiger partial charge in [0.15, 0.2) is 0 Å². The zero-order chi connectivity index (χ0) is 26.0. The second kappa shape index (κ2) is 13.3. The average molecular weight is 520 g/mol. The van der Waals surface area contributed by atoms with Crippen molar-refractivity contribution in [3.63, 3.8) is 0 Å². The molecule has 1 atom stereocenters. The fourth-order valence-corrected chi connectivity index (χ4v) is 4.02. The van der Waals surface area contributed by atoms with E-state index in [1.54, 1.807) is 0 Å². The Morgan fingerprint density at radius 3 is 2.22 bits per heavy atom. The average Bonchev–Trinajstić information content (AvgIpc) is 3.35. The van der Waals surface area contributed by atoms with Gasteiger partial charge in [0.2, 0.25) is 0 Å². The molecule has 3 aromatic carbocycles. The number of aryl methyl sites for hydroxylation is 1. The zero-order valence-electron chi connectivity index (χ0n) is 21.4. The Hall–Kier alpha value is -3.32. The van der Waals surface area contributed by atoms with Crippen molar-refractivity contribution in [2.45, 2.75) is 39.2 Å². The lowest BCUT2D eigenvalue weighted by molar-refractivity contribution is 0.107. The molecule has 0 saturated heterocycles. The van der Waals surface area contributed by atoms with E-state index < -0.39 is 6.10 Å². The van der Waals surface area contributed by atoms with Gasteiger partial charge in [-0.05, 0) is 85.8 Å². The maximum absolute atomic E-state index is 9.97. The Morgan fingerprint density at radius 2 is 1.57 bits per heavy atom. The molecule has 0 bridgehead atoms. The van der Waals surface area contributed by atoms with Gasteiger partial charge in [0.1, 0.15) is 35.8 Å². The molecule has 1 aromatic heterocycles. The molecular formula is C30H34ClN3O3. The fraction of sp³-hybridized carbons (Fsp3) is 0.300. The number of nitrogens with one attached hydrogen (secondary N) is 1. The van der Waals surface area contributed by atoms with Crippen molar-refractivity contribution in [3.8, 4) is 34.2 Å². The number of aliphatic hydroxyl groups is 1. The molecule has 194 valence electrons. The first-order chi connectivity index (χ1) is 18.1. The van der Waals surface area contributed by atoms with Crippen LogP contribution in [-0.2, 0) is 6.42 Å². The molecule has 0 fully saturated rings. The lowest BCUT2D eigenvalue weighted by atomic mass is 10.1. The van der Waals surface area contributed by atoms with Gasteiger partial charge in [0.25, 0.3) is 0 Å². The van der Waals surface area contributed by atoms with Crippen molar-refractivity contribution in [1.29, 1.82) is 0 Å². The molecule has 6 nitrogen and oxygen atoms in total. The van der Waals surface area contributed by atoms with Crippen LogP contribution in [0.25, 0.3) is 16.9 Å². The topological polar surface area (TPSA) is 68.5 Å². The maximum atomic E-state index is 9.97. The summed E-state index contributed by atoms with van der Waals surface area (Å²) in [6.07, 6.45) is 4.60. The van der Waals surface area contributed by atoms with Crippen LogP contribution < -0.4 is 14.8 Å². The number of likely N-dealkylation sites (N-methyl/N-ethyl adjacent to an activating group) is 1. The van der Waals surface area contributed by atoms with E-state index in [1.807, 2.05) is 79.7 Å². The Bertz CT molecular complexity index is 1240. The van der Waals surface area contributed by atoms with Crippen LogP contribution in [0.15, 0.2) is 79.0 Å². The van der Waals surface area contributed by atoms with Gasteiger partial charge in [-0.2, -0.15) is 0 Å². The summed E-state index contributed by atoms with van der Waals surface area (Å²) < 4.78 is 13.8. The SMILES string of the molecule is CCCCc1nc(-c2ccc(OC[C@@H](O)CNCC)cc2)cn1-c1ccc(Oc2ccc(Cl)cc2)cc1. The summed E-state index contributed by atoms with van der Waals surface area (Å²) in [5.74, 6) is 3.24. The summed E-state index contributed by atoms with van der Waals surface area (Å²) in [4.78, 5) is 4.96. The van der Waals surface area contributed by atoms with Gasteiger partial charge in [0.05, 0.1) is 5.69 Å². The molecule has 1 heterocycles. The highest BCUT2D eigenvalue weighted by molar-refractivity contribution is 6.30. The van der Waals surface area contributed by atoms with Crippen LogP contribution in [0.1, 0.15) is 32.5 Å². The van der Waals surface area contributed by atoms with Gasteiger partial charge >= 0.3 is 0 Å². The maximum Gasteiger partial charge on any atom is 0.127 e. The summed E-state index contributed by atoms with van der Waals surface area (Å²) in [6, 6.07) is 23.2. The number of halogens is 1. The third kappa shape index (κ3) is 7.59. The number of hydrogen-bond donors (Lipinski definition) is 2. The van der Waals surface area contributed by atoms with E-state index in [9.17, 15) is 5.11 Å². The van der Waals surface area contributed by atoms with E-state index in [-0.39, 0.29) is 6.61 Å². The number of aromatic nitrogens is 2. The van der Waals surface area contributed by atoms with E-state index in [2.05, 4.69) is 23.0 Å². The predicted molar refractivity (Wildman–Crippen MR) is 149 cm³/mol. The first-order valence-corrected chi connectivity index (χ1v) is 13.2. The van der Waals surface area contributed by atoms with E-state index >= 15 is 0 Å². The normalized spacial score (nSPS) is 11.9. The van der Waals surface area contributed by atoms with E-state index in [0.717, 1.165) is 65.8 Å². The number of unbranched alkanes of at least 4 members (excludes halogenated alkanes) is 1. The van der Waals surface area contributed by atoms with Crippen LogP contribution in [-0.4, -0.2) is 40.5 Å². The highest BCUT2D eigenvalue weighted by atomic mass is 35.5. The first-order valence-electron chi connectivity index (χ1n) is 12.8. The van der Waals surface area contributed by atoms with Crippen molar-refractivity contribution in [3.05, 3.63) is 89.8 Å². The molecule has 4 rings (SSSR count). The van der Waals surface area contributed by atoms with Crippen molar-refractivity contribution in [1.82, 2.24) is 14.9 Å².